The molecular formula is C48H49ClN2O6Si. The van der Waals surface area contributed by atoms with Crippen molar-refractivity contribution in [2.45, 2.75) is 51.2 Å². The van der Waals surface area contributed by atoms with Crippen LogP contribution in [0.1, 0.15) is 51.3 Å². The van der Waals surface area contributed by atoms with Gasteiger partial charge in [-0.3, -0.25) is 19.5 Å². The van der Waals surface area contributed by atoms with Gasteiger partial charge in [-0.15, -0.1) is 0 Å². The Bertz CT molecular complexity index is 2260. The van der Waals surface area contributed by atoms with Gasteiger partial charge >= 0.3 is 0 Å². The van der Waals surface area contributed by atoms with Crippen molar-refractivity contribution in [2.75, 3.05) is 18.1 Å². The van der Waals surface area contributed by atoms with E-state index in [1.165, 1.54) is 11.0 Å². The van der Waals surface area contributed by atoms with Gasteiger partial charge in [0.15, 0.2) is 0 Å². The van der Waals surface area contributed by atoms with E-state index in [0.717, 1.165) is 21.5 Å². The standard InChI is InChI=1S/C48H49ClN2O6Si/c1-48(2,3)58(37-17-9-5-10-18-37,38-19-11-6-12-20-38)57-31-34-28-39-45(47(56)51(46(39)55)35-15-7-4-8-16-35)40(30-52)44(34)43(54)25-23-33(42-21-13-14-26-50-42)27-32-22-24-36(53)29-41(32)49/h4-22,24,26-27,29,39-40,43,45,52-54H,23,25,28,30-31H2,1-3H3/b33-27-/t39-,40+,43-,45-/m1/s1. The molecule has 298 valence electrons. The Labute approximate surface area is 346 Å². The van der Waals surface area contributed by atoms with Crippen molar-refractivity contribution < 1.29 is 29.3 Å². The molecule has 4 aromatic carbocycles. The zero-order valence-corrected chi connectivity index (χ0v) is 34.7. The molecule has 2 aliphatic rings. The molecule has 0 unspecified atom stereocenters. The van der Waals surface area contributed by atoms with Crippen LogP contribution in [0.15, 0.2) is 145 Å². The van der Waals surface area contributed by atoms with Crippen molar-refractivity contribution in [2.24, 2.45) is 17.8 Å². The number of hydrogen-bond acceptors (Lipinski definition) is 7. The number of benzene rings is 4. The number of imide groups is 1. The van der Waals surface area contributed by atoms with Crippen LogP contribution in [0, 0.1) is 17.8 Å². The first-order chi connectivity index (χ1) is 27.9. The Kier molecular flexibility index (Phi) is 12.3. The summed E-state index contributed by atoms with van der Waals surface area (Å²) in [6.45, 7) is 6.24. The smallest absolute Gasteiger partial charge is 0.261 e. The second-order valence-corrected chi connectivity index (χ2v) is 20.8. The van der Waals surface area contributed by atoms with E-state index in [-0.39, 0.29) is 42.1 Å². The Morgan fingerprint density at radius 2 is 1.52 bits per heavy atom. The monoisotopic (exact) mass is 812 g/mol. The predicted molar refractivity (Wildman–Crippen MR) is 232 cm³/mol. The summed E-state index contributed by atoms with van der Waals surface area (Å²) in [5.41, 5.74) is 3.92. The molecule has 1 aliphatic carbocycles. The molecule has 1 fully saturated rings. The van der Waals surface area contributed by atoms with Crippen LogP contribution in [0.25, 0.3) is 11.6 Å². The molecule has 0 saturated carbocycles. The van der Waals surface area contributed by atoms with E-state index >= 15 is 0 Å². The summed E-state index contributed by atoms with van der Waals surface area (Å²) in [5.74, 6) is -3.08. The Morgan fingerprint density at radius 3 is 2.09 bits per heavy atom. The van der Waals surface area contributed by atoms with E-state index in [1.54, 1.807) is 42.6 Å². The summed E-state index contributed by atoms with van der Waals surface area (Å²) in [6.07, 6.45) is 3.27. The van der Waals surface area contributed by atoms with Gasteiger partial charge in [-0.25, -0.2) is 0 Å². The lowest BCUT2D eigenvalue weighted by Gasteiger charge is -2.44. The van der Waals surface area contributed by atoms with E-state index in [9.17, 15) is 24.9 Å². The van der Waals surface area contributed by atoms with Crippen LogP contribution >= 0.6 is 11.6 Å². The van der Waals surface area contributed by atoms with Crippen LogP contribution in [-0.4, -0.2) is 59.8 Å². The number of aromatic nitrogens is 1. The van der Waals surface area contributed by atoms with Gasteiger partial charge in [0.1, 0.15) is 5.75 Å². The highest BCUT2D eigenvalue weighted by Crippen LogP contribution is 2.48. The molecule has 58 heavy (non-hydrogen) atoms. The number of para-hydroxylation sites is 1. The second-order valence-electron chi connectivity index (χ2n) is 16.1. The first-order valence-corrected chi connectivity index (χ1v) is 22.0. The van der Waals surface area contributed by atoms with Crippen LogP contribution in [-0.2, 0) is 14.0 Å². The number of fused-ring (bicyclic) bond motifs is 1. The lowest BCUT2D eigenvalue weighted by Crippen LogP contribution is -2.66. The number of halogens is 1. The van der Waals surface area contributed by atoms with Gasteiger partial charge in [-0.05, 0) is 105 Å². The first kappa shape index (κ1) is 41.0. The third-order valence-electron chi connectivity index (χ3n) is 11.6. The molecular weight excluding hydrogens is 764 g/mol. The highest BCUT2D eigenvalue weighted by Gasteiger charge is 2.56. The molecule has 8 nitrogen and oxygen atoms in total. The Morgan fingerprint density at radius 1 is 0.897 bits per heavy atom. The summed E-state index contributed by atoms with van der Waals surface area (Å²) in [5, 5.41) is 35.9. The third-order valence-corrected chi connectivity index (χ3v) is 16.9. The normalized spacial score (nSPS) is 19.4. The maximum absolute atomic E-state index is 14.3. The van der Waals surface area contributed by atoms with Crippen molar-refractivity contribution in [3.05, 3.63) is 161 Å². The molecule has 4 atom stereocenters. The minimum Gasteiger partial charge on any atom is -0.508 e. The number of allylic oxidation sites excluding steroid dienone is 1. The fraction of sp³-hybridized carbons (Fsp3) is 0.271. The number of aromatic hydroxyl groups is 1. The number of nitrogens with zero attached hydrogens (tertiary/aromatic N) is 2. The molecule has 2 heterocycles. The second kappa shape index (κ2) is 17.4. The summed E-state index contributed by atoms with van der Waals surface area (Å²) < 4.78 is 7.42. The number of hydrogen-bond donors (Lipinski definition) is 3. The number of amides is 2. The van der Waals surface area contributed by atoms with Crippen LogP contribution in [0.4, 0.5) is 5.69 Å². The Hall–Kier alpha value is -5.16. The summed E-state index contributed by atoms with van der Waals surface area (Å²) in [7, 11) is -3.08. The van der Waals surface area contributed by atoms with E-state index in [4.69, 9.17) is 16.0 Å². The van der Waals surface area contributed by atoms with Gasteiger partial charge in [0, 0.05) is 12.1 Å². The highest BCUT2D eigenvalue weighted by atomic mass is 35.5. The van der Waals surface area contributed by atoms with Gasteiger partial charge in [0.25, 0.3) is 8.32 Å². The number of rotatable bonds is 13. The summed E-state index contributed by atoms with van der Waals surface area (Å²) >= 11 is 6.54. The zero-order valence-electron chi connectivity index (χ0n) is 33.0. The maximum Gasteiger partial charge on any atom is 0.261 e. The van der Waals surface area contributed by atoms with Crippen molar-refractivity contribution >= 4 is 59.4 Å². The molecule has 5 aromatic rings. The average Bonchev–Trinajstić information content (AvgIpc) is 3.48. The van der Waals surface area contributed by atoms with E-state index in [1.807, 2.05) is 66.7 Å². The lowest BCUT2D eigenvalue weighted by molar-refractivity contribution is -0.123. The van der Waals surface area contributed by atoms with Gasteiger partial charge in [-0.2, -0.15) is 0 Å². The minimum absolute atomic E-state index is 0.0492. The molecule has 1 saturated heterocycles. The van der Waals surface area contributed by atoms with Crippen molar-refractivity contribution in [3.8, 4) is 5.75 Å². The van der Waals surface area contributed by atoms with Gasteiger partial charge in [-0.1, -0.05) is 117 Å². The van der Waals surface area contributed by atoms with Gasteiger partial charge in [0.05, 0.1) is 47.6 Å². The predicted octanol–water partition coefficient (Wildman–Crippen LogP) is 7.81. The van der Waals surface area contributed by atoms with Crippen LogP contribution in [0.5, 0.6) is 5.75 Å². The van der Waals surface area contributed by atoms with Crippen LogP contribution in [0.3, 0.4) is 0 Å². The quantitative estimate of drug-likeness (QED) is 0.0631. The number of pyridine rings is 1. The van der Waals surface area contributed by atoms with Crippen molar-refractivity contribution in [3.63, 3.8) is 0 Å². The number of aliphatic hydroxyl groups is 2. The fourth-order valence-corrected chi connectivity index (χ4v) is 13.8. The molecule has 10 heteroatoms. The number of carbonyl (C=O) groups excluding carboxylic acids is 2. The van der Waals surface area contributed by atoms with E-state index in [2.05, 4.69) is 50.0 Å². The average molecular weight is 813 g/mol. The van der Waals surface area contributed by atoms with Gasteiger partial charge in [0.2, 0.25) is 11.8 Å². The molecule has 2 amide bonds. The number of aliphatic hydroxyl groups excluding tert-OH is 2. The molecule has 3 N–H and O–H groups in total. The number of phenolic OH excluding ortho intramolecular Hbond substituents is 1. The van der Waals surface area contributed by atoms with E-state index in [0.29, 0.717) is 34.0 Å². The largest absolute Gasteiger partial charge is 0.508 e. The molecule has 0 spiro atoms. The van der Waals surface area contributed by atoms with E-state index < -0.39 is 38.8 Å². The van der Waals surface area contributed by atoms with Crippen LogP contribution in [0.2, 0.25) is 10.1 Å². The number of anilines is 1. The fourth-order valence-electron chi connectivity index (χ4n) is 8.98. The first-order valence-electron chi connectivity index (χ1n) is 19.7. The Balaban J connectivity index is 1.32. The number of phenols is 1. The molecule has 7 rings (SSSR count). The molecule has 1 aromatic heterocycles. The topological polar surface area (TPSA) is 120 Å². The van der Waals surface area contributed by atoms with Crippen molar-refractivity contribution in [1.82, 2.24) is 4.98 Å². The summed E-state index contributed by atoms with van der Waals surface area (Å²) in [4.78, 5) is 34.5. The third kappa shape index (κ3) is 7.97. The lowest BCUT2D eigenvalue weighted by atomic mass is 9.68. The molecule has 1 aliphatic heterocycles. The minimum atomic E-state index is -3.08. The zero-order chi connectivity index (χ0) is 41.0. The van der Waals surface area contributed by atoms with Crippen LogP contribution < -0.4 is 15.3 Å². The molecule has 0 radical (unpaired) electrons. The highest BCUT2D eigenvalue weighted by molar-refractivity contribution is 6.99. The molecule has 0 bridgehead atoms. The SMILES string of the molecule is CC(C)(C)[Si](OCC1=C([C@H](O)CC/C(=C/c2ccc(O)cc2Cl)c2ccccn2)[C@H](CO)[C@@H]2C(=O)N(c3ccccc3)C(=O)[C@@H]2C1)(c1ccccc1)c1ccccc1. The van der Waals surface area contributed by atoms with Gasteiger partial charge < -0.3 is 19.7 Å². The van der Waals surface area contributed by atoms with Crippen molar-refractivity contribution in [1.29, 1.82) is 0 Å². The summed E-state index contributed by atoms with van der Waals surface area (Å²) in [6, 6.07) is 39.8. The maximum atomic E-state index is 14.3. The number of carbonyl (C=O) groups is 2.